The van der Waals surface area contributed by atoms with Gasteiger partial charge in [0.15, 0.2) is 0 Å². The number of aromatic nitrogens is 2. The molecule has 7 nitrogen and oxygen atoms in total. The first-order chi connectivity index (χ1) is 11.1. The second-order valence-electron chi connectivity index (χ2n) is 4.89. The Kier molecular flexibility index (Phi) is 5.74. The number of methoxy groups -OCH3 is 1. The molecule has 0 aliphatic heterocycles. The van der Waals surface area contributed by atoms with Crippen LogP contribution in [-0.2, 0) is 6.54 Å². The Morgan fingerprint density at radius 2 is 2.00 bits per heavy atom. The fraction of sp³-hybridized carbons (Fsp3) is 0.312. The lowest BCUT2D eigenvalue weighted by Gasteiger charge is -2.11. The molecular weight excluding hydrogens is 296 g/mol. The summed E-state index contributed by atoms with van der Waals surface area (Å²) < 4.78 is 5.11. The molecule has 122 valence electrons. The van der Waals surface area contributed by atoms with E-state index in [4.69, 9.17) is 4.74 Å². The fourth-order valence-corrected chi connectivity index (χ4v) is 1.92. The van der Waals surface area contributed by atoms with Crippen molar-refractivity contribution in [2.75, 3.05) is 24.3 Å². The van der Waals surface area contributed by atoms with Gasteiger partial charge in [-0.05, 0) is 24.1 Å². The Labute approximate surface area is 134 Å². The maximum Gasteiger partial charge on any atom is 0.341 e. The van der Waals surface area contributed by atoms with Gasteiger partial charge in [0.2, 0.25) is 5.95 Å². The van der Waals surface area contributed by atoms with Crippen molar-refractivity contribution >= 4 is 17.7 Å². The van der Waals surface area contributed by atoms with Crippen LogP contribution >= 0.6 is 0 Å². The molecule has 0 fully saturated rings. The van der Waals surface area contributed by atoms with E-state index in [0.29, 0.717) is 18.3 Å². The topological polar surface area (TPSA) is 96.4 Å². The highest BCUT2D eigenvalue weighted by Gasteiger charge is 2.13. The molecule has 0 bridgehead atoms. The normalized spacial score (nSPS) is 10.2. The standard InChI is InChI=1S/C16H20N4O3/c1-3-8-17-16-19-10-13(15(21)22)14(20-16)18-9-11-4-6-12(23-2)7-5-11/h4-7,10H,3,8-9H2,1-2H3,(H,21,22)(H2,17,18,19,20). The molecule has 0 aliphatic carbocycles. The number of carboxylic acids is 1. The molecule has 7 heteroatoms. The lowest BCUT2D eigenvalue weighted by molar-refractivity contribution is 0.0697. The van der Waals surface area contributed by atoms with Crippen LogP contribution in [0.1, 0.15) is 29.3 Å². The summed E-state index contributed by atoms with van der Waals surface area (Å²) in [5.41, 5.74) is 1.03. The Morgan fingerprint density at radius 1 is 1.26 bits per heavy atom. The van der Waals surface area contributed by atoms with Crippen molar-refractivity contribution in [2.24, 2.45) is 0 Å². The van der Waals surface area contributed by atoms with Gasteiger partial charge in [-0.15, -0.1) is 0 Å². The predicted octanol–water partition coefficient (Wildman–Crippen LogP) is 2.62. The number of carbonyl (C=O) groups is 1. The van der Waals surface area contributed by atoms with E-state index in [1.165, 1.54) is 6.20 Å². The van der Waals surface area contributed by atoms with Gasteiger partial charge in [0.25, 0.3) is 0 Å². The summed E-state index contributed by atoms with van der Waals surface area (Å²) in [5.74, 6) is 0.410. The minimum absolute atomic E-state index is 0.0422. The van der Waals surface area contributed by atoms with Crippen molar-refractivity contribution in [3.05, 3.63) is 41.6 Å². The minimum Gasteiger partial charge on any atom is -0.497 e. The summed E-state index contributed by atoms with van der Waals surface area (Å²) >= 11 is 0. The Bertz CT molecular complexity index is 659. The van der Waals surface area contributed by atoms with Gasteiger partial charge in [-0.2, -0.15) is 4.98 Å². The van der Waals surface area contributed by atoms with E-state index in [0.717, 1.165) is 24.3 Å². The van der Waals surface area contributed by atoms with E-state index in [1.54, 1.807) is 7.11 Å². The van der Waals surface area contributed by atoms with Crippen LogP contribution < -0.4 is 15.4 Å². The van der Waals surface area contributed by atoms with Crippen LogP contribution in [-0.4, -0.2) is 34.7 Å². The molecule has 0 aliphatic rings. The Hall–Kier alpha value is -2.83. The van der Waals surface area contributed by atoms with Crippen LogP contribution in [0.3, 0.4) is 0 Å². The third-order valence-corrected chi connectivity index (χ3v) is 3.17. The zero-order valence-electron chi connectivity index (χ0n) is 13.2. The molecule has 0 saturated heterocycles. The zero-order valence-corrected chi connectivity index (χ0v) is 13.2. The number of hydrogen-bond donors (Lipinski definition) is 3. The second kappa shape index (κ2) is 7.98. The lowest BCUT2D eigenvalue weighted by Crippen LogP contribution is -2.12. The summed E-state index contributed by atoms with van der Waals surface area (Å²) in [6.45, 7) is 3.21. The number of rotatable bonds is 8. The first-order valence-corrected chi connectivity index (χ1v) is 7.35. The van der Waals surface area contributed by atoms with Gasteiger partial charge in [0.05, 0.1) is 7.11 Å². The predicted molar refractivity (Wildman–Crippen MR) is 88.1 cm³/mol. The molecule has 23 heavy (non-hydrogen) atoms. The SMILES string of the molecule is CCCNc1ncc(C(=O)O)c(NCc2ccc(OC)cc2)n1. The number of aromatic carboxylic acids is 1. The van der Waals surface area contributed by atoms with Gasteiger partial charge in [0.1, 0.15) is 17.1 Å². The molecule has 1 heterocycles. The molecule has 0 radical (unpaired) electrons. The molecule has 2 aromatic rings. The van der Waals surface area contributed by atoms with Crippen LogP contribution in [0.5, 0.6) is 5.75 Å². The van der Waals surface area contributed by atoms with Gasteiger partial charge in [-0.1, -0.05) is 19.1 Å². The van der Waals surface area contributed by atoms with Gasteiger partial charge < -0.3 is 20.5 Å². The summed E-state index contributed by atoms with van der Waals surface area (Å²) in [5, 5.41) is 15.3. The van der Waals surface area contributed by atoms with Gasteiger partial charge in [-0.25, -0.2) is 9.78 Å². The van der Waals surface area contributed by atoms with E-state index in [9.17, 15) is 9.90 Å². The fourth-order valence-electron chi connectivity index (χ4n) is 1.92. The first-order valence-electron chi connectivity index (χ1n) is 7.35. The maximum atomic E-state index is 11.3. The first kappa shape index (κ1) is 16.5. The van der Waals surface area contributed by atoms with Crippen LogP contribution in [0.25, 0.3) is 0 Å². The zero-order chi connectivity index (χ0) is 16.7. The molecular formula is C16H20N4O3. The van der Waals surface area contributed by atoms with Crippen LogP contribution in [0.2, 0.25) is 0 Å². The number of nitrogens with one attached hydrogen (secondary N) is 2. The summed E-state index contributed by atoms with van der Waals surface area (Å²) in [6, 6.07) is 7.51. The van der Waals surface area contributed by atoms with Gasteiger partial charge in [-0.3, -0.25) is 0 Å². The van der Waals surface area contributed by atoms with Crippen LogP contribution in [0.15, 0.2) is 30.5 Å². The Morgan fingerprint density at radius 3 is 2.61 bits per heavy atom. The van der Waals surface area contributed by atoms with Gasteiger partial charge >= 0.3 is 5.97 Å². The smallest absolute Gasteiger partial charge is 0.341 e. The molecule has 0 spiro atoms. The number of benzene rings is 1. The molecule has 0 saturated carbocycles. The summed E-state index contributed by atoms with van der Waals surface area (Å²) in [4.78, 5) is 19.5. The quantitative estimate of drug-likeness (QED) is 0.689. The Balaban J connectivity index is 2.13. The van der Waals surface area contributed by atoms with Gasteiger partial charge in [0, 0.05) is 19.3 Å². The van der Waals surface area contributed by atoms with Crippen LogP contribution in [0, 0.1) is 0 Å². The molecule has 3 N–H and O–H groups in total. The number of hydrogen-bond acceptors (Lipinski definition) is 6. The third-order valence-electron chi connectivity index (χ3n) is 3.17. The summed E-state index contributed by atoms with van der Waals surface area (Å²) in [7, 11) is 1.61. The van der Waals surface area contributed by atoms with Crippen molar-refractivity contribution in [2.45, 2.75) is 19.9 Å². The third kappa shape index (κ3) is 4.57. The average Bonchev–Trinajstić information content (AvgIpc) is 2.58. The molecule has 1 aromatic heterocycles. The number of anilines is 2. The number of ether oxygens (including phenoxy) is 1. The largest absolute Gasteiger partial charge is 0.497 e. The van der Waals surface area contributed by atoms with Crippen molar-refractivity contribution < 1.29 is 14.6 Å². The molecule has 0 unspecified atom stereocenters. The number of nitrogens with zero attached hydrogens (tertiary/aromatic N) is 2. The van der Waals surface area contributed by atoms with Crippen molar-refractivity contribution in [3.63, 3.8) is 0 Å². The highest BCUT2D eigenvalue weighted by Crippen LogP contribution is 2.17. The lowest BCUT2D eigenvalue weighted by atomic mass is 10.2. The van der Waals surface area contributed by atoms with E-state index in [1.807, 2.05) is 31.2 Å². The van der Waals surface area contributed by atoms with E-state index >= 15 is 0 Å². The van der Waals surface area contributed by atoms with Crippen molar-refractivity contribution in [3.8, 4) is 5.75 Å². The summed E-state index contributed by atoms with van der Waals surface area (Å²) in [6.07, 6.45) is 2.24. The minimum atomic E-state index is -1.07. The molecule has 2 rings (SSSR count). The average molecular weight is 316 g/mol. The molecule has 0 atom stereocenters. The second-order valence-corrected chi connectivity index (χ2v) is 4.89. The van der Waals surface area contributed by atoms with Crippen LogP contribution in [0.4, 0.5) is 11.8 Å². The number of carboxylic acid groups (broad SMARTS) is 1. The molecule has 1 aromatic carbocycles. The van der Waals surface area contributed by atoms with Crippen molar-refractivity contribution in [1.29, 1.82) is 0 Å². The highest BCUT2D eigenvalue weighted by molar-refractivity contribution is 5.92. The maximum absolute atomic E-state index is 11.3. The van der Waals surface area contributed by atoms with E-state index < -0.39 is 5.97 Å². The van der Waals surface area contributed by atoms with E-state index in [-0.39, 0.29) is 5.56 Å². The highest BCUT2D eigenvalue weighted by atomic mass is 16.5. The molecule has 0 amide bonds. The van der Waals surface area contributed by atoms with Crippen molar-refractivity contribution in [1.82, 2.24) is 9.97 Å². The van der Waals surface area contributed by atoms with E-state index in [2.05, 4.69) is 20.6 Å². The monoisotopic (exact) mass is 316 g/mol.